The van der Waals surface area contributed by atoms with E-state index in [0.29, 0.717) is 37.4 Å². The lowest BCUT2D eigenvalue weighted by molar-refractivity contribution is -0.136. The van der Waals surface area contributed by atoms with Gasteiger partial charge in [0.1, 0.15) is 0 Å². The molecule has 0 atom stereocenters. The number of H-pyrrole nitrogens is 2. The van der Waals surface area contributed by atoms with Crippen LogP contribution in [0.2, 0.25) is 0 Å². The van der Waals surface area contributed by atoms with Gasteiger partial charge < -0.3 is 25.1 Å². The third-order valence-corrected chi connectivity index (χ3v) is 9.20. The summed E-state index contributed by atoms with van der Waals surface area (Å²) in [5.74, 6) is -1.02. The highest BCUT2D eigenvalue weighted by Crippen LogP contribution is 2.38. The summed E-state index contributed by atoms with van der Waals surface area (Å²) in [5, 5.41) is 15.9. The standard InChI is InChI=1S/C38H42N8O4/c1-7-25-21(3)29-17-30-23(5)27(9-11-37(47)40-13-15-50-16-14-41-46-39)35(44-30)20-36-28(10-12-38(48)49)24(6)32(45-36)19-34-26(8-2)22(4)31(43-34)18-33(25)42-29/h7-8,17-20,42-43H,1-2,9-16H2,3-6H3,(H,40,47)(H,48,49). The molecule has 12 nitrogen and oxygen atoms in total. The number of aromatic amines is 2. The van der Waals surface area contributed by atoms with E-state index in [-0.39, 0.29) is 31.9 Å². The monoisotopic (exact) mass is 674 g/mol. The molecule has 2 aliphatic rings. The van der Waals surface area contributed by atoms with Crippen molar-refractivity contribution in [2.24, 2.45) is 5.11 Å². The summed E-state index contributed by atoms with van der Waals surface area (Å²) in [5.41, 5.74) is 22.3. The lowest BCUT2D eigenvalue weighted by atomic mass is 9.98. The van der Waals surface area contributed by atoms with E-state index in [9.17, 15) is 14.7 Å². The van der Waals surface area contributed by atoms with Crippen LogP contribution in [0.15, 0.2) is 42.5 Å². The fraction of sp³-hybridized carbons (Fsp3) is 0.316. The minimum atomic E-state index is -0.888. The number of amides is 1. The van der Waals surface area contributed by atoms with Gasteiger partial charge >= 0.3 is 5.97 Å². The molecule has 3 aromatic heterocycles. The Bertz CT molecular complexity index is 2160. The van der Waals surface area contributed by atoms with Gasteiger partial charge in [-0.2, -0.15) is 0 Å². The van der Waals surface area contributed by atoms with Gasteiger partial charge in [0.05, 0.1) is 36.0 Å². The summed E-state index contributed by atoms with van der Waals surface area (Å²) < 4.78 is 5.39. The quantitative estimate of drug-likeness (QED) is 0.0579. The summed E-state index contributed by atoms with van der Waals surface area (Å²) in [6.45, 7) is 17.4. The van der Waals surface area contributed by atoms with Gasteiger partial charge in [0, 0.05) is 64.0 Å². The van der Waals surface area contributed by atoms with Crippen molar-refractivity contribution in [3.8, 4) is 0 Å². The van der Waals surface area contributed by atoms with E-state index in [1.807, 2.05) is 58.0 Å². The van der Waals surface area contributed by atoms with Crippen LogP contribution in [-0.4, -0.2) is 63.2 Å². The van der Waals surface area contributed by atoms with Gasteiger partial charge in [-0.1, -0.05) is 30.4 Å². The van der Waals surface area contributed by atoms with E-state index in [4.69, 9.17) is 20.2 Å². The molecule has 0 aliphatic carbocycles. The molecule has 5 heterocycles. The Morgan fingerprint density at radius 2 is 1.38 bits per heavy atom. The first kappa shape index (κ1) is 35.6. The number of carbonyl (C=O) groups excluding carboxylic acids is 1. The highest BCUT2D eigenvalue weighted by atomic mass is 16.5. The molecule has 0 saturated carbocycles. The molecular formula is C38H42N8O4. The van der Waals surface area contributed by atoms with Crippen LogP contribution < -0.4 is 5.32 Å². The molecule has 0 saturated heterocycles. The molecule has 12 heteroatoms. The Balaban J connectivity index is 1.65. The molecule has 1 amide bonds. The maximum atomic E-state index is 12.9. The van der Waals surface area contributed by atoms with Crippen molar-refractivity contribution >= 4 is 68.4 Å². The predicted octanol–water partition coefficient (Wildman–Crippen LogP) is 8.17. The lowest BCUT2D eigenvalue weighted by Crippen LogP contribution is -2.27. The number of hydrogen-bond donors (Lipinski definition) is 4. The molecule has 0 aromatic carbocycles. The van der Waals surface area contributed by atoms with Crippen LogP contribution in [0.3, 0.4) is 0 Å². The number of nitrogens with one attached hydrogen (secondary N) is 3. The molecular weight excluding hydrogens is 632 g/mol. The van der Waals surface area contributed by atoms with Gasteiger partial charge in [0.25, 0.3) is 0 Å². The Morgan fingerprint density at radius 1 is 0.840 bits per heavy atom. The second kappa shape index (κ2) is 15.7. The normalized spacial score (nSPS) is 12.6. The van der Waals surface area contributed by atoms with E-state index in [0.717, 1.165) is 78.0 Å². The Morgan fingerprint density at radius 3 is 1.94 bits per heavy atom. The van der Waals surface area contributed by atoms with Crippen LogP contribution in [0.1, 0.15) is 84.6 Å². The predicted molar refractivity (Wildman–Crippen MR) is 200 cm³/mol. The van der Waals surface area contributed by atoms with E-state index >= 15 is 0 Å². The van der Waals surface area contributed by atoms with Crippen molar-refractivity contribution in [3.63, 3.8) is 0 Å². The largest absolute Gasteiger partial charge is 0.481 e. The van der Waals surface area contributed by atoms with Crippen molar-refractivity contribution in [1.29, 1.82) is 0 Å². The van der Waals surface area contributed by atoms with Crippen molar-refractivity contribution in [2.75, 3.05) is 26.3 Å². The number of aliphatic carboxylic acids is 1. The zero-order valence-corrected chi connectivity index (χ0v) is 28.9. The fourth-order valence-electron chi connectivity index (χ4n) is 6.38. The molecule has 0 unspecified atom stereocenters. The number of allylic oxidation sites excluding steroid dienone is 4. The highest BCUT2D eigenvalue weighted by Gasteiger charge is 2.23. The fourth-order valence-corrected chi connectivity index (χ4v) is 6.38. The number of nitrogens with zero attached hydrogens (tertiary/aromatic N) is 5. The average molecular weight is 675 g/mol. The molecule has 0 radical (unpaired) electrons. The highest BCUT2D eigenvalue weighted by molar-refractivity contribution is 5.97. The second-order valence-corrected chi connectivity index (χ2v) is 12.2. The van der Waals surface area contributed by atoms with Gasteiger partial charge in [-0.25, -0.2) is 9.97 Å². The summed E-state index contributed by atoms with van der Waals surface area (Å²) >= 11 is 0. The molecule has 2 aliphatic heterocycles. The summed E-state index contributed by atoms with van der Waals surface area (Å²) in [6, 6.07) is 7.99. The SMILES string of the molecule is C=Cc1c(C)c2cc3[nH]c(cc4nc(cc5nc(cc1[nH]2)C(C)=C5CCC(=O)O)C(CCC(=O)NCCOCCN=[N+]=[N-])=C4C)c(C)c3C=C. The summed E-state index contributed by atoms with van der Waals surface area (Å²) in [7, 11) is 0. The van der Waals surface area contributed by atoms with Crippen molar-refractivity contribution in [2.45, 2.75) is 53.4 Å². The van der Waals surface area contributed by atoms with E-state index < -0.39 is 5.97 Å². The molecule has 5 rings (SSSR count). The molecule has 0 spiro atoms. The third kappa shape index (κ3) is 7.62. The number of aryl methyl sites for hydroxylation is 2. The van der Waals surface area contributed by atoms with E-state index in [1.165, 1.54) is 0 Å². The van der Waals surface area contributed by atoms with Crippen LogP contribution in [0.5, 0.6) is 0 Å². The maximum absolute atomic E-state index is 12.9. The number of rotatable bonds is 14. The van der Waals surface area contributed by atoms with Crippen molar-refractivity contribution in [3.05, 3.63) is 92.9 Å². The first-order valence-electron chi connectivity index (χ1n) is 16.5. The summed E-state index contributed by atoms with van der Waals surface area (Å²) in [6.07, 6.45) is 4.59. The topological polar surface area (TPSA) is 182 Å². The molecule has 0 fully saturated rings. The number of hydrogen-bond acceptors (Lipinski definition) is 6. The lowest BCUT2D eigenvalue weighted by Gasteiger charge is -2.08. The van der Waals surface area contributed by atoms with Crippen molar-refractivity contribution in [1.82, 2.24) is 25.3 Å². The van der Waals surface area contributed by atoms with Crippen LogP contribution in [-0.2, 0) is 14.3 Å². The summed E-state index contributed by atoms with van der Waals surface area (Å²) in [4.78, 5) is 44.5. The number of ether oxygens (including phenoxy) is 1. The number of carboxylic acid groups (broad SMARTS) is 1. The minimum Gasteiger partial charge on any atom is -0.481 e. The number of fused-ring (bicyclic) bond motifs is 8. The third-order valence-electron chi connectivity index (χ3n) is 9.20. The van der Waals surface area contributed by atoms with Gasteiger partial charge in [-0.3, -0.25) is 9.59 Å². The van der Waals surface area contributed by atoms with Gasteiger partial charge in [-0.15, -0.1) is 0 Å². The smallest absolute Gasteiger partial charge is 0.303 e. The van der Waals surface area contributed by atoms with Crippen molar-refractivity contribution < 1.29 is 19.4 Å². The zero-order chi connectivity index (χ0) is 35.9. The van der Waals surface area contributed by atoms with E-state index in [1.54, 1.807) is 0 Å². The Kier molecular flexibility index (Phi) is 11.2. The molecule has 8 bridgehead atoms. The van der Waals surface area contributed by atoms with Gasteiger partial charge in [0.2, 0.25) is 5.91 Å². The van der Waals surface area contributed by atoms with Crippen LogP contribution in [0, 0.1) is 13.8 Å². The Labute approximate surface area is 290 Å². The molecule has 3 aromatic rings. The molecule has 4 N–H and O–H groups in total. The Hall–Kier alpha value is -5.71. The van der Waals surface area contributed by atoms with Crippen LogP contribution >= 0.6 is 0 Å². The van der Waals surface area contributed by atoms with Gasteiger partial charge in [-0.05, 0) is 104 Å². The number of aromatic nitrogens is 4. The van der Waals surface area contributed by atoms with E-state index in [2.05, 4.69) is 44.5 Å². The molecule has 258 valence electrons. The van der Waals surface area contributed by atoms with Gasteiger partial charge in [0.15, 0.2) is 0 Å². The maximum Gasteiger partial charge on any atom is 0.303 e. The average Bonchev–Trinajstić information content (AvgIpc) is 3.75. The van der Waals surface area contributed by atoms with Crippen LogP contribution in [0.4, 0.5) is 0 Å². The zero-order valence-electron chi connectivity index (χ0n) is 28.9. The molecule has 50 heavy (non-hydrogen) atoms. The second-order valence-electron chi connectivity index (χ2n) is 12.2. The number of azide groups is 1. The number of carbonyl (C=O) groups is 2. The minimum absolute atomic E-state index is 0.0416. The first-order valence-corrected chi connectivity index (χ1v) is 16.5. The van der Waals surface area contributed by atoms with Crippen LogP contribution in [0.25, 0.3) is 67.0 Å². The first-order chi connectivity index (χ1) is 24.1. The number of carboxylic acids is 1.